The zero-order valence-corrected chi connectivity index (χ0v) is 16.7. The number of aliphatic hydroxyl groups is 2. The summed E-state index contributed by atoms with van der Waals surface area (Å²) >= 11 is 0. The van der Waals surface area contributed by atoms with Gasteiger partial charge in [-0.2, -0.15) is 0 Å². The number of nitrogens with zero attached hydrogens (tertiary/aromatic N) is 3. The van der Waals surface area contributed by atoms with Crippen LogP contribution in [-0.2, 0) is 4.74 Å². The van der Waals surface area contributed by atoms with E-state index in [0.717, 1.165) is 13.0 Å². The average molecular weight is 388 g/mol. The van der Waals surface area contributed by atoms with Crippen molar-refractivity contribution in [1.29, 1.82) is 0 Å². The molecule has 0 amide bonds. The van der Waals surface area contributed by atoms with Crippen molar-refractivity contribution in [2.75, 3.05) is 40.0 Å². The first-order valence-corrected chi connectivity index (χ1v) is 9.99. The Bertz CT molecular complexity index is 485. The number of fused-ring (bicyclic) bond motifs is 1. The van der Waals surface area contributed by atoms with Gasteiger partial charge < -0.3 is 26.4 Å². The molecule has 0 aromatic heterocycles. The summed E-state index contributed by atoms with van der Waals surface area (Å²) in [6.07, 6.45) is -2.16. The van der Waals surface area contributed by atoms with Gasteiger partial charge in [-0.25, -0.2) is 4.90 Å². The Labute approximate surface area is 161 Å². The molecule has 0 bridgehead atoms. The van der Waals surface area contributed by atoms with Gasteiger partial charge in [0.25, 0.3) is 0 Å². The Morgan fingerprint density at radius 1 is 1.22 bits per heavy atom. The highest BCUT2D eigenvalue weighted by Gasteiger charge is 2.52. The summed E-state index contributed by atoms with van der Waals surface area (Å²) in [5.41, 5.74) is 11.8. The first-order valence-electron chi connectivity index (χ1n) is 9.99. The molecule has 3 fully saturated rings. The maximum atomic E-state index is 10.7. The minimum atomic E-state index is -0.960. The second kappa shape index (κ2) is 8.95. The Hall–Kier alpha value is -0.400. The van der Waals surface area contributed by atoms with Crippen LogP contribution >= 0.6 is 0 Å². The van der Waals surface area contributed by atoms with Crippen LogP contribution in [0, 0.1) is 0 Å². The predicted octanol–water partition coefficient (Wildman–Crippen LogP) is -3.17. The van der Waals surface area contributed by atoms with E-state index in [1.807, 2.05) is 7.05 Å². The Morgan fingerprint density at radius 3 is 2.63 bits per heavy atom. The largest absolute Gasteiger partial charge is 0.387 e. The highest BCUT2D eigenvalue weighted by atomic mass is 16.6. The van der Waals surface area contributed by atoms with Crippen molar-refractivity contribution >= 4 is 0 Å². The summed E-state index contributed by atoms with van der Waals surface area (Å²) in [5, 5.41) is 28.0. The molecular formula is C17H37N7O3. The fraction of sp³-hybridized carbons (Fsp3) is 1.00. The van der Waals surface area contributed by atoms with Gasteiger partial charge in [0.15, 0.2) is 0 Å². The van der Waals surface area contributed by atoms with Gasteiger partial charge in [-0.05, 0) is 40.4 Å². The van der Waals surface area contributed by atoms with Crippen LogP contribution in [0.5, 0.6) is 0 Å². The van der Waals surface area contributed by atoms with Crippen molar-refractivity contribution in [3.63, 3.8) is 0 Å². The Morgan fingerprint density at radius 2 is 1.96 bits per heavy atom. The molecule has 10 nitrogen and oxygen atoms in total. The smallest absolute Gasteiger partial charge is 0.142 e. The number of hydrogen-bond donors (Lipinski definition) is 6. The standard InChI is InChI=1S/C17H37N7O3/c1-10(2)23(6-4-5-18)7-11-13(25)14(26)17(27-11)24-9-20-12-15(19)21-8-22(3)16(12)24/h10-17,20-21,25-26H,4-9,18-19H2,1-3H3/t11-,12?,13-,14-,15?,16?,17-/m1/s1. The van der Waals surface area contributed by atoms with Crippen LogP contribution in [0.3, 0.4) is 0 Å². The van der Waals surface area contributed by atoms with Crippen molar-refractivity contribution in [3.05, 3.63) is 0 Å². The number of rotatable bonds is 7. The lowest BCUT2D eigenvalue weighted by molar-refractivity contribution is -0.128. The molecule has 10 heteroatoms. The van der Waals surface area contributed by atoms with Gasteiger partial charge >= 0.3 is 0 Å². The third-order valence-electron chi connectivity index (χ3n) is 6.04. The number of nitrogens with two attached hydrogens (primary N) is 2. The molecule has 27 heavy (non-hydrogen) atoms. The first kappa shape index (κ1) is 21.3. The van der Waals surface area contributed by atoms with Crippen molar-refractivity contribution in [2.45, 2.75) is 69.2 Å². The van der Waals surface area contributed by atoms with E-state index in [4.69, 9.17) is 16.2 Å². The number of ether oxygens (including phenoxy) is 1. The maximum Gasteiger partial charge on any atom is 0.142 e. The summed E-state index contributed by atoms with van der Waals surface area (Å²) in [5.74, 6) is 0. The lowest BCUT2D eigenvalue weighted by Gasteiger charge is -2.43. The molecule has 3 aliphatic heterocycles. The molecule has 3 rings (SSSR count). The quantitative estimate of drug-likeness (QED) is 0.265. The lowest BCUT2D eigenvalue weighted by atomic mass is 10.1. The van der Waals surface area contributed by atoms with Crippen molar-refractivity contribution in [3.8, 4) is 0 Å². The monoisotopic (exact) mass is 387 g/mol. The number of aliphatic hydroxyl groups excluding tert-OH is 2. The molecule has 0 spiro atoms. The molecule has 3 heterocycles. The highest BCUT2D eigenvalue weighted by molar-refractivity contribution is 5.02. The first-order chi connectivity index (χ1) is 12.8. The molecule has 0 aliphatic carbocycles. The van der Waals surface area contributed by atoms with Crippen LogP contribution < -0.4 is 22.1 Å². The van der Waals surface area contributed by atoms with Gasteiger partial charge in [0, 0.05) is 12.6 Å². The predicted molar refractivity (Wildman–Crippen MR) is 102 cm³/mol. The summed E-state index contributed by atoms with van der Waals surface area (Å²) in [6, 6.07) is 0.349. The summed E-state index contributed by atoms with van der Waals surface area (Å²) in [4.78, 5) is 6.46. The Balaban J connectivity index is 1.67. The van der Waals surface area contributed by atoms with E-state index in [1.54, 1.807) is 0 Å². The van der Waals surface area contributed by atoms with Gasteiger partial charge in [-0.15, -0.1) is 0 Å². The molecule has 3 unspecified atom stereocenters. The number of hydrogen-bond acceptors (Lipinski definition) is 10. The summed E-state index contributed by atoms with van der Waals surface area (Å²) < 4.78 is 6.19. The molecule has 7 atom stereocenters. The molecule has 0 radical (unpaired) electrons. The molecular weight excluding hydrogens is 350 g/mol. The van der Waals surface area contributed by atoms with Crippen molar-refractivity contribution in [1.82, 2.24) is 25.3 Å². The average Bonchev–Trinajstić information content (AvgIpc) is 3.19. The minimum absolute atomic E-state index is 0.00490. The second-order valence-corrected chi connectivity index (χ2v) is 8.24. The fourth-order valence-electron chi connectivity index (χ4n) is 4.41. The van der Waals surface area contributed by atoms with Crippen LogP contribution in [0.25, 0.3) is 0 Å². The SMILES string of the molecule is CC(C)N(CCCN)C[C@H]1O[C@@H](N2CNC3C(N)NCN(C)C32)[C@H](O)[C@@H]1O. The van der Waals surface area contributed by atoms with Gasteiger partial charge in [-0.3, -0.25) is 20.4 Å². The van der Waals surface area contributed by atoms with Crippen LogP contribution in [-0.4, -0.2) is 114 Å². The topological polar surface area (TPSA) is 136 Å². The van der Waals surface area contributed by atoms with Gasteiger partial charge in [0.05, 0.1) is 31.7 Å². The molecule has 0 aromatic carbocycles. The Kier molecular flexibility index (Phi) is 7.07. The van der Waals surface area contributed by atoms with Crippen LogP contribution in [0.1, 0.15) is 20.3 Å². The van der Waals surface area contributed by atoms with E-state index >= 15 is 0 Å². The van der Waals surface area contributed by atoms with E-state index < -0.39 is 24.5 Å². The molecule has 8 N–H and O–H groups in total. The zero-order valence-electron chi connectivity index (χ0n) is 16.7. The molecule has 0 aromatic rings. The zero-order chi connectivity index (χ0) is 19.7. The van der Waals surface area contributed by atoms with E-state index in [2.05, 4.69) is 39.2 Å². The van der Waals surface area contributed by atoms with Gasteiger partial charge in [-0.1, -0.05) is 0 Å². The summed E-state index contributed by atoms with van der Waals surface area (Å²) in [6.45, 7) is 7.50. The highest BCUT2D eigenvalue weighted by Crippen LogP contribution is 2.30. The lowest BCUT2D eigenvalue weighted by Crippen LogP contribution is -2.68. The van der Waals surface area contributed by atoms with E-state index in [9.17, 15) is 10.2 Å². The molecule has 158 valence electrons. The molecule has 3 aliphatic rings. The second-order valence-electron chi connectivity index (χ2n) is 8.24. The minimum Gasteiger partial charge on any atom is -0.387 e. The molecule has 3 saturated heterocycles. The van der Waals surface area contributed by atoms with E-state index in [0.29, 0.717) is 32.5 Å². The van der Waals surface area contributed by atoms with Gasteiger partial charge in [0.2, 0.25) is 0 Å². The van der Waals surface area contributed by atoms with Crippen LogP contribution in [0.15, 0.2) is 0 Å². The van der Waals surface area contributed by atoms with Crippen LogP contribution in [0.2, 0.25) is 0 Å². The third-order valence-corrected chi connectivity index (χ3v) is 6.04. The van der Waals surface area contributed by atoms with E-state index in [-0.39, 0.29) is 18.4 Å². The fourth-order valence-corrected chi connectivity index (χ4v) is 4.41. The maximum absolute atomic E-state index is 10.7. The van der Waals surface area contributed by atoms with Crippen molar-refractivity contribution in [2.24, 2.45) is 11.5 Å². The third kappa shape index (κ3) is 4.30. The molecule has 0 saturated carbocycles. The number of likely N-dealkylation sites (N-methyl/N-ethyl adjacent to an activating group) is 1. The van der Waals surface area contributed by atoms with Crippen molar-refractivity contribution < 1.29 is 14.9 Å². The number of nitrogens with one attached hydrogen (secondary N) is 2. The van der Waals surface area contributed by atoms with E-state index in [1.165, 1.54) is 0 Å². The summed E-state index contributed by atoms with van der Waals surface area (Å²) in [7, 11) is 2.01. The van der Waals surface area contributed by atoms with Crippen LogP contribution in [0.4, 0.5) is 0 Å². The van der Waals surface area contributed by atoms with Gasteiger partial charge in [0.1, 0.15) is 24.5 Å². The normalized spacial score (nSPS) is 41.0.